The molecule has 1 fully saturated rings. The smallest absolute Gasteiger partial charge is 0.310 e. The van der Waals surface area contributed by atoms with Crippen LogP contribution >= 0.6 is 0 Å². The van der Waals surface area contributed by atoms with Gasteiger partial charge >= 0.3 is 5.97 Å². The van der Waals surface area contributed by atoms with E-state index in [1.54, 1.807) is 6.08 Å². The van der Waals surface area contributed by atoms with E-state index in [2.05, 4.69) is 6.58 Å². The van der Waals surface area contributed by atoms with Crippen LogP contribution < -0.4 is 0 Å². The van der Waals surface area contributed by atoms with Gasteiger partial charge in [-0.15, -0.1) is 6.58 Å². The molecule has 0 saturated heterocycles. The second-order valence-electron chi connectivity index (χ2n) is 6.13. The normalized spacial score (nSPS) is 23.9. The molecule has 0 aromatic rings. The van der Waals surface area contributed by atoms with Crippen molar-refractivity contribution in [3.05, 3.63) is 12.7 Å². The van der Waals surface area contributed by atoms with E-state index < -0.39 is 32.7 Å². The highest BCUT2D eigenvalue weighted by Gasteiger charge is 2.46. The standard InChI is InChI=1S/C14H25NO4S/c1-6-10-15(14(2,3)4)20(17,18)12-9-7-8-11(12)13(16)19-5/h6,11-12H,1,7-10H2,2-5H3. The first-order valence-corrected chi connectivity index (χ1v) is 8.37. The van der Waals surface area contributed by atoms with E-state index in [0.717, 1.165) is 6.42 Å². The average molecular weight is 303 g/mol. The lowest BCUT2D eigenvalue weighted by Crippen LogP contribution is -2.51. The van der Waals surface area contributed by atoms with Crippen molar-refractivity contribution in [1.82, 2.24) is 4.31 Å². The van der Waals surface area contributed by atoms with E-state index in [0.29, 0.717) is 12.8 Å². The molecule has 0 aliphatic heterocycles. The molecule has 2 unspecified atom stereocenters. The molecule has 1 aliphatic carbocycles. The third-order valence-electron chi connectivity index (χ3n) is 3.69. The number of rotatable bonds is 5. The van der Waals surface area contributed by atoms with Crippen molar-refractivity contribution in [3.8, 4) is 0 Å². The second kappa shape index (κ2) is 6.26. The zero-order chi connectivity index (χ0) is 15.6. The van der Waals surface area contributed by atoms with E-state index in [-0.39, 0.29) is 6.54 Å². The summed E-state index contributed by atoms with van der Waals surface area (Å²) in [7, 11) is -2.26. The average Bonchev–Trinajstić information content (AvgIpc) is 2.83. The molecule has 0 bridgehead atoms. The van der Waals surface area contributed by atoms with Crippen LogP contribution in [0.1, 0.15) is 40.0 Å². The maximum Gasteiger partial charge on any atom is 0.310 e. The molecule has 0 aromatic heterocycles. The van der Waals surface area contributed by atoms with Crippen molar-refractivity contribution in [1.29, 1.82) is 0 Å². The van der Waals surface area contributed by atoms with E-state index in [1.165, 1.54) is 11.4 Å². The molecule has 0 spiro atoms. The van der Waals surface area contributed by atoms with Gasteiger partial charge in [0, 0.05) is 12.1 Å². The van der Waals surface area contributed by atoms with Crippen LogP contribution in [0.4, 0.5) is 0 Å². The van der Waals surface area contributed by atoms with Gasteiger partial charge in [0.25, 0.3) is 0 Å². The molecule has 20 heavy (non-hydrogen) atoms. The Bertz CT molecular complexity index is 464. The number of hydrogen-bond acceptors (Lipinski definition) is 4. The van der Waals surface area contributed by atoms with Crippen molar-refractivity contribution in [3.63, 3.8) is 0 Å². The van der Waals surface area contributed by atoms with Gasteiger partial charge in [-0.3, -0.25) is 4.79 Å². The van der Waals surface area contributed by atoms with Crippen LogP contribution in [-0.2, 0) is 19.6 Å². The summed E-state index contributed by atoms with van der Waals surface area (Å²) in [4.78, 5) is 11.8. The Kier molecular flexibility index (Phi) is 5.38. The SMILES string of the molecule is C=CCN(C(C)(C)C)S(=O)(=O)C1CCCC1C(=O)OC. The Morgan fingerprint density at radius 2 is 2.00 bits per heavy atom. The minimum Gasteiger partial charge on any atom is -0.469 e. The molecular weight excluding hydrogens is 278 g/mol. The lowest BCUT2D eigenvalue weighted by atomic mass is 10.1. The monoisotopic (exact) mass is 303 g/mol. The predicted molar refractivity (Wildman–Crippen MR) is 78.7 cm³/mol. The van der Waals surface area contributed by atoms with Gasteiger partial charge in [0.2, 0.25) is 10.0 Å². The quantitative estimate of drug-likeness (QED) is 0.575. The molecule has 5 nitrogen and oxygen atoms in total. The van der Waals surface area contributed by atoms with Gasteiger partial charge in [-0.1, -0.05) is 12.5 Å². The van der Waals surface area contributed by atoms with Crippen molar-refractivity contribution in [2.45, 2.75) is 50.8 Å². The van der Waals surface area contributed by atoms with Crippen molar-refractivity contribution in [2.24, 2.45) is 5.92 Å². The summed E-state index contributed by atoms with van der Waals surface area (Å²) in [5.74, 6) is -0.983. The summed E-state index contributed by atoms with van der Waals surface area (Å²) in [6.45, 7) is 9.40. The second-order valence-corrected chi connectivity index (χ2v) is 8.21. The molecular formula is C14H25NO4S. The van der Waals surface area contributed by atoms with E-state index >= 15 is 0 Å². The van der Waals surface area contributed by atoms with Crippen LogP contribution in [0.3, 0.4) is 0 Å². The van der Waals surface area contributed by atoms with Gasteiger partial charge in [0.05, 0.1) is 18.3 Å². The molecule has 0 heterocycles. The maximum absolute atomic E-state index is 12.9. The number of hydrogen-bond donors (Lipinski definition) is 0. The van der Waals surface area contributed by atoms with Crippen LogP contribution in [0.2, 0.25) is 0 Å². The molecule has 116 valence electrons. The largest absolute Gasteiger partial charge is 0.469 e. The third-order valence-corrected chi connectivity index (χ3v) is 6.33. The summed E-state index contributed by atoms with van der Waals surface area (Å²) in [5, 5.41) is -0.686. The summed E-state index contributed by atoms with van der Waals surface area (Å²) in [6, 6.07) is 0. The molecule has 0 N–H and O–H groups in total. The molecule has 2 atom stereocenters. The number of esters is 1. The fourth-order valence-corrected chi connectivity index (χ4v) is 5.27. The number of ether oxygens (including phenoxy) is 1. The Hall–Kier alpha value is -0.880. The Morgan fingerprint density at radius 1 is 1.40 bits per heavy atom. The molecule has 1 aliphatic rings. The Morgan fingerprint density at radius 3 is 2.45 bits per heavy atom. The van der Waals surface area contributed by atoms with Gasteiger partial charge in [-0.05, 0) is 33.6 Å². The Labute approximate surface area is 122 Å². The molecule has 6 heteroatoms. The number of sulfonamides is 1. The summed E-state index contributed by atoms with van der Waals surface area (Å²) in [5.41, 5.74) is -0.545. The minimum absolute atomic E-state index is 0.246. The van der Waals surface area contributed by atoms with E-state index in [4.69, 9.17) is 4.74 Å². The number of carbonyl (C=O) groups is 1. The fraction of sp³-hybridized carbons (Fsp3) is 0.786. The van der Waals surface area contributed by atoms with Crippen LogP contribution in [0, 0.1) is 5.92 Å². The highest BCUT2D eigenvalue weighted by Crippen LogP contribution is 2.35. The zero-order valence-corrected chi connectivity index (χ0v) is 13.6. The molecule has 1 rings (SSSR count). The minimum atomic E-state index is -3.56. The topological polar surface area (TPSA) is 63.7 Å². The van der Waals surface area contributed by atoms with E-state index in [1.807, 2.05) is 20.8 Å². The lowest BCUT2D eigenvalue weighted by molar-refractivity contribution is -0.145. The van der Waals surface area contributed by atoms with Crippen LogP contribution in [0.15, 0.2) is 12.7 Å². The van der Waals surface area contributed by atoms with Gasteiger partial charge in [-0.25, -0.2) is 8.42 Å². The van der Waals surface area contributed by atoms with Gasteiger partial charge < -0.3 is 4.74 Å². The van der Waals surface area contributed by atoms with Crippen molar-refractivity contribution < 1.29 is 17.9 Å². The number of methoxy groups -OCH3 is 1. The molecule has 0 aromatic carbocycles. The maximum atomic E-state index is 12.9. The summed E-state index contributed by atoms with van der Waals surface area (Å²) >= 11 is 0. The number of nitrogens with zero attached hydrogens (tertiary/aromatic N) is 1. The predicted octanol–water partition coefficient (Wildman–Crippen LogP) is 1.94. The number of carbonyl (C=O) groups excluding carboxylic acids is 1. The first kappa shape index (κ1) is 17.2. The lowest BCUT2D eigenvalue weighted by Gasteiger charge is -2.36. The molecule has 1 saturated carbocycles. The first-order valence-electron chi connectivity index (χ1n) is 6.86. The van der Waals surface area contributed by atoms with Crippen molar-refractivity contribution in [2.75, 3.05) is 13.7 Å². The van der Waals surface area contributed by atoms with Crippen LogP contribution in [0.25, 0.3) is 0 Å². The van der Waals surface area contributed by atoms with Crippen molar-refractivity contribution >= 4 is 16.0 Å². The molecule has 0 radical (unpaired) electrons. The van der Waals surface area contributed by atoms with Gasteiger partial charge in [0.15, 0.2) is 0 Å². The summed E-state index contributed by atoms with van der Waals surface area (Å²) < 4.78 is 31.9. The van der Waals surface area contributed by atoms with Gasteiger partial charge in [0.1, 0.15) is 0 Å². The van der Waals surface area contributed by atoms with Crippen LogP contribution in [0.5, 0.6) is 0 Å². The summed E-state index contributed by atoms with van der Waals surface area (Å²) in [6.07, 6.45) is 3.38. The van der Waals surface area contributed by atoms with E-state index in [9.17, 15) is 13.2 Å². The van der Waals surface area contributed by atoms with Crippen LogP contribution in [-0.4, -0.2) is 43.1 Å². The van der Waals surface area contributed by atoms with Gasteiger partial charge in [-0.2, -0.15) is 4.31 Å². The molecule has 0 amide bonds. The highest BCUT2D eigenvalue weighted by molar-refractivity contribution is 7.89. The zero-order valence-electron chi connectivity index (χ0n) is 12.8. The third kappa shape index (κ3) is 3.41. The highest BCUT2D eigenvalue weighted by atomic mass is 32.2. The fourth-order valence-electron chi connectivity index (χ4n) is 2.74. The Balaban J connectivity index is 3.13. The first-order chi connectivity index (χ1) is 9.16.